The van der Waals surface area contributed by atoms with Crippen LogP contribution in [0.15, 0.2) is 34.7 Å². The normalized spacial score (nSPS) is 11.6. The number of benzene rings is 1. The number of hydrogen-bond donors (Lipinski definition) is 1. The van der Waals surface area contributed by atoms with Gasteiger partial charge in [-0.05, 0) is 18.1 Å². The molecule has 0 atom stereocenters. The first-order valence-corrected chi connectivity index (χ1v) is 6.39. The van der Waals surface area contributed by atoms with E-state index in [9.17, 15) is 0 Å². The van der Waals surface area contributed by atoms with E-state index in [2.05, 4.69) is 18.9 Å². The van der Waals surface area contributed by atoms with Crippen LogP contribution in [-0.2, 0) is 7.05 Å². The number of para-hydroxylation sites is 1. The van der Waals surface area contributed by atoms with Gasteiger partial charge in [-0.25, -0.2) is 0 Å². The third-order valence-corrected chi connectivity index (χ3v) is 3.37. The van der Waals surface area contributed by atoms with E-state index in [1.54, 1.807) is 4.68 Å². The number of hydrogen-bond acceptors (Lipinski definition) is 3. The van der Waals surface area contributed by atoms with Gasteiger partial charge in [0.2, 0.25) is 0 Å². The van der Waals surface area contributed by atoms with E-state index in [0.29, 0.717) is 11.7 Å². The van der Waals surface area contributed by atoms with Crippen molar-refractivity contribution in [2.24, 2.45) is 7.05 Å². The molecule has 0 unspecified atom stereocenters. The van der Waals surface area contributed by atoms with Crippen LogP contribution in [0.2, 0.25) is 0 Å². The average molecular weight is 255 g/mol. The summed E-state index contributed by atoms with van der Waals surface area (Å²) in [5.74, 6) is 1.78. The maximum atomic E-state index is 6.09. The van der Waals surface area contributed by atoms with Crippen molar-refractivity contribution in [3.05, 3.63) is 35.9 Å². The van der Waals surface area contributed by atoms with Crippen molar-refractivity contribution in [1.29, 1.82) is 0 Å². The summed E-state index contributed by atoms with van der Waals surface area (Å²) in [5.41, 5.74) is 8.85. The van der Waals surface area contributed by atoms with Gasteiger partial charge in [-0.1, -0.05) is 32.0 Å². The Labute approximate surface area is 111 Å². The first-order valence-electron chi connectivity index (χ1n) is 6.39. The van der Waals surface area contributed by atoms with E-state index in [-0.39, 0.29) is 0 Å². The molecule has 0 amide bonds. The van der Waals surface area contributed by atoms with Crippen LogP contribution >= 0.6 is 0 Å². The number of nitrogens with two attached hydrogens (primary N) is 1. The summed E-state index contributed by atoms with van der Waals surface area (Å²) >= 11 is 0. The van der Waals surface area contributed by atoms with Crippen LogP contribution in [0.4, 0.5) is 5.82 Å². The number of furan rings is 1. The molecule has 2 aromatic heterocycles. The molecule has 0 aliphatic heterocycles. The molecule has 0 bridgehead atoms. The molecule has 0 radical (unpaired) electrons. The largest absolute Gasteiger partial charge is 0.454 e. The highest BCUT2D eigenvalue weighted by molar-refractivity contribution is 5.83. The Balaban J connectivity index is 2.23. The molecule has 0 spiro atoms. The van der Waals surface area contributed by atoms with Crippen LogP contribution in [0, 0.1) is 0 Å². The van der Waals surface area contributed by atoms with E-state index >= 15 is 0 Å². The molecule has 4 heteroatoms. The molecule has 2 N–H and O–H groups in total. The fourth-order valence-corrected chi connectivity index (χ4v) is 2.40. The molecule has 19 heavy (non-hydrogen) atoms. The maximum absolute atomic E-state index is 6.09. The summed E-state index contributed by atoms with van der Waals surface area (Å²) in [6.45, 7) is 4.22. The zero-order valence-electron chi connectivity index (χ0n) is 11.3. The maximum Gasteiger partial charge on any atom is 0.156 e. The highest BCUT2D eigenvalue weighted by atomic mass is 16.3. The molecule has 2 heterocycles. The van der Waals surface area contributed by atoms with Crippen molar-refractivity contribution in [2.75, 3.05) is 5.73 Å². The third kappa shape index (κ3) is 1.80. The summed E-state index contributed by atoms with van der Waals surface area (Å²) in [5, 5.41) is 5.57. The lowest BCUT2D eigenvalue weighted by atomic mass is 10.0. The topological polar surface area (TPSA) is 57.0 Å². The van der Waals surface area contributed by atoms with Crippen LogP contribution in [0.5, 0.6) is 0 Å². The Morgan fingerprint density at radius 2 is 2.00 bits per heavy atom. The minimum atomic E-state index is 0.303. The zero-order valence-corrected chi connectivity index (χ0v) is 11.3. The summed E-state index contributed by atoms with van der Waals surface area (Å²) in [7, 11) is 1.85. The Morgan fingerprint density at radius 1 is 1.26 bits per heavy atom. The number of aryl methyl sites for hydroxylation is 1. The molecular formula is C15H17N3O. The van der Waals surface area contributed by atoms with Crippen molar-refractivity contribution in [3.8, 4) is 11.5 Å². The second kappa shape index (κ2) is 4.16. The van der Waals surface area contributed by atoms with Gasteiger partial charge in [-0.15, -0.1) is 0 Å². The molecule has 98 valence electrons. The highest BCUT2D eigenvalue weighted by Gasteiger charge is 2.20. The van der Waals surface area contributed by atoms with Crippen LogP contribution in [0.3, 0.4) is 0 Å². The Kier molecular flexibility index (Phi) is 2.59. The molecule has 0 saturated heterocycles. The van der Waals surface area contributed by atoms with E-state index in [0.717, 1.165) is 28.0 Å². The standard InChI is InChI=1S/C15H17N3O/c1-9(2)13-14(17-18(3)15(13)16)12-8-10-6-4-5-7-11(10)19-12/h4-9H,16H2,1-3H3. The molecule has 0 aliphatic rings. The SMILES string of the molecule is CC(C)c1c(-c2cc3ccccc3o2)nn(C)c1N. The van der Waals surface area contributed by atoms with Crippen molar-refractivity contribution >= 4 is 16.8 Å². The van der Waals surface area contributed by atoms with E-state index in [1.165, 1.54) is 0 Å². The number of rotatable bonds is 2. The number of anilines is 1. The second-order valence-electron chi connectivity index (χ2n) is 5.07. The molecule has 3 aromatic rings. The first kappa shape index (κ1) is 11.8. The van der Waals surface area contributed by atoms with Crippen molar-refractivity contribution < 1.29 is 4.42 Å². The molecule has 0 fully saturated rings. The number of nitrogens with zero attached hydrogens (tertiary/aromatic N) is 2. The predicted octanol–water partition coefficient (Wildman–Crippen LogP) is 3.54. The molecule has 0 aliphatic carbocycles. The Morgan fingerprint density at radius 3 is 2.68 bits per heavy atom. The van der Waals surface area contributed by atoms with Gasteiger partial charge in [0, 0.05) is 18.0 Å². The van der Waals surface area contributed by atoms with Crippen LogP contribution in [-0.4, -0.2) is 9.78 Å². The predicted molar refractivity (Wildman–Crippen MR) is 76.9 cm³/mol. The summed E-state index contributed by atoms with van der Waals surface area (Å²) < 4.78 is 7.59. The molecule has 0 saturated carbocycles. The smallest absolute Gasteiger partial charge is 0.156 e. The van der Waals surface area contributed by atoms with Crippen molar-refractivity contribution in [2.45, 2.75) is 19.8 Å². The van der Waals surface area contributed by atoms with Gasteiger partial charge in [0.1, 0.15) is 17.1 Å². The third-order valence-electron chi connectivity index (χ3n) is 3.37. The minimum Gasteiger partial charge on any atom is -0.454 e. The van der Waals surface area contributed by atoms with E-state index < -0.39 is 0 Å². The van der Waals surface area contributed by atoms with E-state index in [1.807, 2.05) is 37.4 Å². The minimum absolute atomic E-state index is 0.303. The zero-order chi connectivity index (χ0) is 13.6. The summed E-state index contributed by atoms with van der Waals surface area (Å²) in [6.07, 6.45) is 0. The molecule has 3 rings (SSSR count). The fraction of sp³-hybridized carbons (Fsp3) is 0.267. The Hall–Kier alpha value is -2.23. The van der Waals surface area contributed by atoms with Gasteiger partial charge in [-0.2, -0.15) is 5.10 Å². The molecular weight excluding hydrogens is 238 g/mol. The lowest BCUT2D eigenvalue weighted by Gasteiger charge is -2.05. The van der Waals surface area contributed by atoms with Gasteiger partial charge in [0.05, 0.1) is 0 Å². The second-order valence-corrected chi connectivity index (χ2v) is 5.07. The number of aromatic nitrogens is 2. The first-order chi connectivity index (χ1) is 9.08. The lowest BCUT2D eigenvalue weighted by molar-refractivity contribution is 0.624. The number of nitrogen functional groups attached to an aromatic ring is 1. The van der Waals surface area contributed by atoms with Crippen LogP contribution < -0.4 is 5.73 Å². The summed E-state index contributed by atoms with van der Waals surface area (Å²) in [4.78, 5) is 0. The van der Waals surface area contributed by atoms with Crippen LogP contribution in [0.1, 0.15) is 25.3 Å². The summed E-state index contributed by atoms with van der Waals surface area (Å²) in [6, 6.07) is 9.97. The average Bonchev–Trinajstić information content (AvgIpc) is 2.91. The van der Waals surface area contributed by atoms with Gasteiger partial charge >= 0.3 is 0 Å². The monoisotopic (exact) mass is 255 g/mol. The quantitative estimate of drug-likeness (QED) is 0.762. The molecule has 1 aromatic carbocycles. The number of fused-ring (bicyclic) bond motifs is 1. The van der Waals surface area contributed by atoms with Crippen molar-refractivity contribution in [3.63, 3.8) is 0 Å². The fourth-order valence-electron chi connectivity index (χ4n) is 2.40. The van der Waals surface area contributed by atoms with Gasteiger partial charge in [0.15, 0.2) is 5.76 Å². The van der Waals surface area contributed by atoms with Gasteiger partial charge in [0.25, 0.3) is 0 Å². The highest BCUT2D eigenvalue weighted by Crippen LogP contribution is 2.35. The lowest BCUT2D eigenvalue weighted by Crippen LogP contribution is -2.00. The van der Waals surface area contributed by atoms with E-state index in [4.69, 9.17) is 10.2 Å². The molecule has 4 nitrogen and oxygen atoms in total. The van der Waals surface area contributed by atoms with Crippen molar-refractivity contribution in [1.82, 2.24) is 9.78 Å². The van der Waals surface area contributed by atoms with Gasteiger partial charge < -0.3 is 10.2 Å². The van der Waals surface area contributed by atoms with Gasteiger partial charge in [-0.3, -0.25) is 4.68 Å². The van der Waals surface area contributed by atoms with Crippen LogP contribution in [0.25, 0.3) is 22.4 Å². The Bertz CT molecular complexity index is 704.